The number of hydrogen-bond acceptors (Lipinski definition) is 5. The molecule has 2 aromatic rings. The van der Waals surface area contributed by atoms with Crippen LogP contribution in [-0.4, -0.2) is 37.7 Å². The van der Waals surface area contributed by atoms with Crippen LogP contribution in [-0.2, 0) is 9.53 Å². The van der Waals surface area contributed by atoms with Gasteiger partial charge in [-0.3, -0.25) is 4.79 Å². The number of amides is 1. The van der Waals surface area contributed by atoms with Crippen LogP contribution in [0.15, 0.2) is 42.5 Å². The van der Waals surface area contributed by atoms with E-state index < -0.39 is 18.5 Å². The van der Waals surface area contributed by atoms with Crippen LogP contribution in [0.25, 0.3) is 0 Å². The summed E-state index contributed by atoms with van der Waals surface area (Å²) in [6.07, 6.45) is -0.324. The van der Waals surface area contributed by atoms with Crippen LogP contribution in [0.2, 0.25) is 10.0 Å². The molecule has 1 heterocycles. The van der Waals surface area contributed by atoms with Gasteiger partial charge in [0.25, 0.3) is 5.91 Å². The smallest absolute Gasteiger partial charge is 0.340 e. The molecule has 1 aliphatic rings. The molecule has 0 saturated carbocycles. The largest absolute Gasteiger partial charge is 0.486 e. The second kappa shape index (κ2) is 8.29. The first kappa shape index (κ1) is 18.4. The van der Waals surface area contributed by atoms with Crippen molar-refractivity contribution in [1.29, 1.82) is 0 Å². The second-order valence-electron chi connectivity index (χ2n) is 5.50. The number of carbonyl (C=O) groups is 2. The lowest BCUT2D eigenvalue weighted by molar-refractivity contribution is -0.124. The Morgan fingerprint density at radius 3 is 2.69 bits per heavy atom. The molecule has 136 valence electrons. The Hall–Kier alpha value is -2.44. The molecule has 0 bridgehead atoms. The minimum Gasteiger partial charge on any atom is -0.486 e. The molecular formula is C18H15Cl2NO5. The standard InChI is InChI=1S/C18H15Cl2NO5/c19-11-5-6-13(14(20)7-11)18(23)25-10-17(22)21-8-12-9-24-15-3-1-2-4-16(15)26-12/h1-7,12H,8-10H2,(H,21,22)/t12-/m1/s1. The van der Waals surface area contributed by atoms with E-state index in [2.05, 4.69) is 5.32 Å². The van der Waals surface area contributed by atoms with Crippen LogP contribution in [0.1, 0.15) is 10.4 Å². The molecule has 0 aromatic heterocycles. The van der Waals surface area contributed by atoms with Crippen LogP contribution < -0.4 is 14.8 Å². The zero-order chi connectivity index (χ0) is 18.5. The summed E-state index contributed by atoms with van der Waals surface area (Å²) in [6.45, 7) is 0.117. The summed E-state index contributed by atoms with van der Waals surface area (Å²) in [6, 6.07) is 11.7. The number of hydrogen-bond donors (Lipinski definition) is 1. The monoisotopic (exact) mass is 395 g/mol. The van der Waals surface area contributed by atoms with Crippen LogP contribution in [0.5, 0.6) is 11.5 Å². The minimum absolute atomic E-state index is 0.143. The predicted octanol–water partition coefficient (Wildman–Crippen LogP) is 3.11. The van der Waals surface area contributed by atoms with Crippen LogP contribution >= 0.6 is 23.2 Å². The molecule has 1 aliphatic heterocycles. The van der Waals surface area contributed by atoms with E-state index in [-0.39, 0.29) is 23.2 Å². The molecular weight excluding hydrogens is 381 g/mol. The number of halogens is 2. The summed E-state index contributed by atoms with van der Waals surface area (Å²) in [5, 5.41) is 3.20. The van der Waals surface area contributed by atoms with Gasteiger partial charge in [-0.25, -0.2) is 4.79 Å². The average molecular weight is 396 g/mol. The zero-order valence-electron chi connectivity index (χ0n) is 13.5. The Balaban J connectivity index is 1.44. The number of carbonyl (C=O) groups excluding carboxylic acids is 2. The Labute approximate surface area is 159 Å². The van der Waals surface area contributed by atoms with E-state index in [4.69, 9.17) is 37.4 Å². The van der Waals surface area contributed by atoms with Gasteiger partial charge in [0.05, 0.1) is 17.1 Å². The predicted molar refractivity (Wildman–Crippen MR) is 96.1 cm³/mol. The van der Waals surface area contributed by atoms with E-state index in [1.807, 2.05) is 18.2 Å². The number of fused-ring (bicyclic) bond motifs is 1. The molecule has 3 rings (SSSR count). The molecule has 2 aromatic carbocycles. The Morgan fingerprint density at radius 1 is 1.15 bits per heavy atom. The average Bonchev–Trinajstić information content (AvgIpc) is 2.64. The van der Waals surface area contributed by atoms with Gasteiger partial charge in [-0.15, -0.1) is 0 Å². The van der Waals surface area contributed by atoms with Crippen molar-refractivity contribution in [3.63, 3.8) is 0 Å². The number of para-hydroxylation sites is 2. The highest BCUT2D eigenvalue weighted by Crippen LogP contribution is 2.30. The number of rotatable bonds is 5. The maximum absolute atomic E-state index is 12.0. The topological polar surface area (TPSA) is 73.9 Å². The van der Waals surface area contributed by atoms with Crippen LogP contribution in [0.3, 0.4) is 0 Å². The lowest BCUT2D eigenvalue weighted by atomic mass is 10.2. The Morgan fingerprint density at radius 2 is 1.92 bits per heavy atom. The first-order valence-electron chi connectivity index (χ1n) is 7.80. The van der Waals surface area contributed by atoms with E-state index in [0.29, 0.717) is 23.1 Å². The lowest BCUT2D eigenvalue weighted by Gasteiger charge is -2.26. The van der Waals surface area contributed by atoms with Gasteiger partial charge in [0, 0.05) is 5.02 Å². The summed E-state index contributed by atoms with van der Waals surface area (Å²) >= 11 is 11.7. The summed E-state index contributed by atoms with van der Waals surface area (Å²) < 4.78 is 16.2. The fourth-order valence-corrected chi connectivity index (χ4v) is 2.79. The molecule has 1 N–H and O–H groups in total. The maximum Gasteiger partial charge on any atom is 0.340 e. The second-order valence-corrected chi connectivity index (χ2v) is 6.35. The number of benzene rings is 2. The van der Waals surface area contributed by atoms with Crippen molar-refractivity contribution >= 4 is 35.1 Å². The minimum atomic E-state index is -0.701. The van der Waals surface area contributed by atoms with Gasteiger partial charge in [-0.1, -0.05) is 35.3 Å². The summed E-state index contributed by atoms with van der Waals surface area (Å²) in [4.78, 5) is 23.8. The molecule has 0 radical (unpaired) electrons. The third-order valence-electron chi connectivity index (χ3n) is 3.58. The molecule has 0 aliphatic carbocycles. The van der Waals surface area contributed by atoms with Gasteiger partial charge in [-0.05, 0) is 30.3 Å². The molecule has 8 heteroatoms. The van der Waals surface area contributed by atoms with E-state index >= 15 is 0 Å². The van der Waals surface area contributed by atoms with Gasteiger partial charge < -0.3 is 19.5 Å². The Kier molecular flexibility index (Phi) is 5.85. The molecule has 1 atom stereocenters. The van der Waals surface area contributed by atoms with Gasteiger partial charge in [0.1, 0.15) is 12.7 Å². The van der Waals surface area contributed by atoms with E-state index in [9.17, 15) is 9.59 Å². The van der Waals surface area contributed by atoms with Crippen molar-refractivity contribution in [2.45, 2.75) is 6.10 Å². The highest BCUT2D eigenvalue weighted by atomic mass is 35.5. The van der Waals surface area contributed by atoms with Gasteiger partial charge in [-0.2, -0.15) is 0 Å². The molecule has 1 amide bonds. The summed E-state index contributed by atoms with van der Waals surface area (Å²) in [7, 11) is 0. The quantitative estimate of drug-likeness (QED) is 0.787. The van der Waals surface area contributed by atoms with Gasteiger partial charge in [0.15, 0.2) is 18.1 Å². The molecule has 26 heavy (non-hydrogen) atoms. The fourth-order valence-electron chi connectivity index (χ4n) is 2.31. The SMILES string of the molecule is O=C(COC(=O)c1ccc(Cl)cc1Cl)NC[C@@H]1COc2ccccc2O1. The van der Waals surface area contributed by atoms with E-state index in [0.717, 1.165) is 0 Å². The normalized spacial score (nSPS) is 15.2. The molecule has 0 fully saturated rings. The van der Waals surface area contributed by atoms with E-state index in [1.54, 1.807) is 6.07 Å². The third kappa shape index (κ3) is 4.59. The van der Waals surface area contributed by atoms with Gasteiger partial charge in [0.2, 0.25) is 0 Å². The fraction of sp³-hybridized carbons (Fsp3) is 0.222. The Bertz CT molecular complexity index is 827. The van der Waals surface area contributed by atoms with Crippen molar-refractivity contribution in [3.05, 3.63) is 58.1 Å². The first-order chi connectivity index (χ1) is 12.5. The van der Waals surface area contributed by atoms with Crippen molar-refractivity contribution in [2.24, 2.45) is 0 Å². The van der Waals surface area contributed by atoms with Crippen molar-refractivity contribution in [2.75, 3.05) is 19.8 Å². The van der Waals surface area contributed by atoms with Crippen molar-refractivity contribution in [1.82, 2.24) is 5.32 Å². The van der Waals surface area contributed by atoms with E-state index in [1.165, 1.54) is 18.2 Å². The first-order valence-corrected chi connectivity index (χ1v) is 8.56. The van der Waals surface area contributed by atoms with Crippen LogP contribution in [0, 0.1) is 0 Å². The third-order valence-corrected chi connectivity index (χ3v) is 4.13. The number of ether oxygens (including phenoxy) is 3. The lowest BCUT2D eigenvalue weighted by Crippen LogP contribution is -2.42. The van der Waals surface area contributed by atoms with Gasteiger partial charge >= 0.3 is 5.97 Å². The molecule has 0 saturated heterocycles. The summed E-state index contributed by atoms with van der Waals surface area (Å²) in [5.41, 5.74) is 0.143. The molecule has 0 spiro atoms. The highest BCUT2D eigenvalue weighted by molar-refractivity contribution is 6.36. The van der Waals surface area contributed by atoms with Crippen molar-refractivity contribution < 1.29 is 23.8 Å². The maximum atomic E-state index is 12.0. The van der Waals surface area contributed by atoms with Crippen molar-refractivity contribution in [3.8, 4) is 11.5 Å². The summed E-state index contributed by atoms with van der Waals surface area (Å²) in [5.74, 6) is 0.143. The van der Waals surface area contributed by atoms with Crippen LogP contribution in [0.4, 0.5) is 0 Å². The molecule has 6 nitrogen and oxygen atoms in total. The number of esters is 1. The zero-order valence-corrected chi connectivity index (χ0v) is 15.0. The number of nitrogens with one attached hydrogen (secondary N) is 1. The highest BCUT2D eigenvalue weighted by Gasteiger charge is 2.21. The molecule has 0 unspecified atom stereocenters.